The summed E-state index contributed by atoms with van der Waals surface area (Å²) in [6.45, 7) is 11.0. The summed E-state index contributed by atoms with van der Waals surface area (Å²) in [6.07, 6.45) is 4.48. The van der Waals surface area contributed by atoms with Crippen LogP contribution in [-0.2, 0) is 6.54 Å². The van der Waals surface area contributed by atoms with E-state index in [1.165, 1.54) is 31.5 Å². The first-order valence-corrected chi connectivity index (χ1v) is 7.57. The molecule has 1 atom stereocenters. The molecule has 3 heteroatoms. The fraction of sp³-hybridized carbons (Fsp3) is 0.529. The van der Waals surface area contributed by atoms with E-state index in [0.717, 1.165) is 18.8 Å². The largest absolute Gasteiger partial charge is 0.489 e. The second-order valence-corrected chi connectivity index (χ2v) is 5.50. The number of likely N-dealkylation sites (tertiary alicyclic amines) is 1. The number of hydrogen-bond donors (Lipinski definition) is 1. The molecule has 2 rings (SSSR count). The van der Waals surface area contributed by atoms with Crippen molar-refractivity contribution in [2.45, 2.75) is 32.4 Å². The number of ether oxygens (including phenoxy) is 1. The molecule has 0 saturated carbocycles. The third kappa shape index (κ3) is 4.66. The van der Waals surface area contributed by atoms with Gasteiger partial charge >= 0.3 is 0 Å². The van der Waals surface area contributed by atoms with E-state index in [4.69, 9.17) is 4.74 Å². The zero-order valence-electron chi connectivity index (χ0n) is 12.5. The van der Waals surface area contributed by atoms with Crippen molar-refractivity contribution in [3.63, 3.8) is 0 Å². The van der Waals surface area contributed by atoms with Gasteiger partial charge in [-0.15, -0.1) is 0 Å². The number of rotatable bonds is 8. The fourth-order valence-electron chi connectivity index (χ4n) is 2.64. The van der Waals surface area contributed by atoms with Crippen LogP contribution in [0.1, 0.15) is 25.3 Å². The average molecular weight is 274 g/mol. The molecular formula is C17H26N2O. The van der Waals surface area contributed by atoms with Gasteiger partial charge in [-0.05, 0) is 38.9 Å². The molecule has 1 heterocycles. The van der Waals surface area contributed by atoms with Gasteiger partial charge in [0.1, 0.15) is 12.4 Å². The first-order valence-electron chi connectivity index (χ1n) is 7.57. The van der Waals surface area contributed by atoms with Gasteiger partial charge in [0.05, 0.1) is 0 Å². The van der Waals surface area contributed by atoms with E-state index < -0.39 is 0 Å². The fourth-order valence-corrected chi connectivity index (χ4v) is 2.64. The molecule has 1 saturated heterocycles. The molecule has 0 bridgehead atoms. The maximum Gasteiger partial charge on any atom is 0.124 e. The first-order chi connectivity index (χ1) is 9.79. The predicted octanol–water partition coefficient (Wildman–Crippen LogP) is 2.83. The Bertz CT molecular complexity index is 413. The maximum atomic E-state index is 5.68. The Balaban J connectivity index is 1.81. The molecule has 20 heavy (non-hydrogen) atoms. The Labute approximate surface area is 122 Å². The van der Waals surface area contributed by atoms with Crippen LogP contribution < -0.4 is 10.1 Å². The van der Waals surface area contributed by atoms with Gasteiger partial charge in [-0.3, -0.25) is 0 Å². The number of benzene rings is 1. The number of nitrogens with zero attached hydrogens (tertiary/aromatic N) is 1. The third-order valence-corrected chi connectivity index (χ3v) is 3.70. The van der Waals surface area contributed by atoms with E-state index in [0.29, 0.717) is 12.6 Å². The van der Waals surface area contributed by atoms with Gasteiger partial charge in [-0.25, -0.2) is 0 Å². The van der Waals surface area contributed by atoms with E-state index in [-0.39, 0.29) is 0 Å². The lowest BCUT2D eigenvalue weighted by molar-refractivity contribution is 0.297. The summed E-state index contributed by atoms with van der Waals surface area (Å²) >= 11 is 0. The highest BCUT2D eigenvalue weighted by Gasteiger charge is 2.14. The minimum atomic E-state index is 0.501. The first kappa shape index (κ1) is 15.1. The highest BCUT2D eigenvalue weighted by molar-refractivity contribution is 5.33. The summed E-state index contributed by atoms with van der Waals surface area (Å²) in [7, 11) is 0. The molecule has 0 aromatic heterocycles. The Morgan fingerprint density at radius 2 is 2.10 bits per heavy atom. The standard InChI is InChI=1S/C17H26N2O/c1-3-12-20-17-9-5-4-8-16(17)13-18-15(2)14-19-10-6-7-11-19/h3-5,8-9,15,18H,1,6-7,10-14H2,2H3. The highest BCUT2D eigenvalue weighted by atomic mass is 16.5. The highest BCUT2D eigenvalue weighted by Crippen LogP contribution is 2.18. The summed E-state index contributed by atoms with van der Waals surface area (Å²) in [6, 6.07) is 8.71. The molecule has 1 aliphatic rings. The van der Waals surface area contributed by atoms with Gasteiger partial charge < -0.3 is 15.0 Å². The molecule has 1 fully saturated rings. The van der Waals surface area contributed by atoms with Crippen LogP contribution in [0.25, 0.3) is 0 Å². The monoisotopic (exact) mass is 274 g/mol. The summed E-state index contributed by atoms with van der Waals surface area (Å²) in [5.41, 5.74) is 1.21. The van der Waals surface area contributed by atoms with Crippen molar-refractivity contribution >= 4 is 0 Å². The van der Waals surface area contributed by atoms with Crippen molar-refractivity contribution in [3.05, 3.63) is 42.5 Å². The third-order valence-electron chi connectivity index (χ3n) is 3.70. The van der Waals surface area contributed by atoms with Gasteiger partial charge in [0.2, 0.25) is 0 Å². The van der Waals surface area contributed by atoms with Crippen LogP contribution in [0.3, 0.4) is 0 Å². The van der Waals surface area contributed by atoms with Crippen molar-refractivity contribution in [2.24, 2.45) is 0 Å². The quantitative estimate of drug-likeness (QED) is 0.738. The van der Waals surface area contributed by atoms with E-state index >= 15 is 0 Å². The van der Waals surface area contributed by atoms with Gasteiger partial charge in [0.25, 0.3) is 0 Å². The normalized spacial score (nSPS) is 17.1. The van der Waals surface area contributed by atoms with Crippen LogP contribution >= 0.6 is 0 Å². The minimum Gasteiger partial charge on any atom is -0.489 e. The number of para-hydroxylation sites is 1. The molecule has 1 unspecified atom stereocenters. The van der Waals surface area contributed by atoms with Crippen molar-refractivity contribution < 1.29 is 4.74 Å². The van der Waals surface area contributed by atoms with Crippen molar-refractivity contribution in [1.29, 1.82) is 0 Å². The molecule has 110 valence electrons. The molecule has 0 amide bonds. The molecule has 0 spiro atoms. The van der Waals surface area contributed by atoms with Crippen LogP contribution in [0.15, 0.2) is 36.9 Å². The van der Waals surface area contributed by atoms with Gasteiger partial charge in [-0.1, -0.05) is 30.9 Å². The van der Waals surface area contributed by atoms with E-state index in [9.17, 15) is 0 Å². The van der Waals surface area contributed by atoms with Crippen LogP contribution in [-0.4, -0.2) is 37.2 Å². The van der Waals surface area contributed by atoms with E-state index in [1.807, 2.05) is 12.1 Å². The van der Waals surface area contributed by atoms with Gasteiger partial charge in [-0.2, -0.15) is 0 Å². The van der Waals surface area contributed by atoms with Crippen LogP contribution in [0.4, 0.5) is 0 Å². The Kier molecular flexibility index (Phi) is 6.09. The lowest BCUT2D eigenvalue weighted by atomic mass is 10.2. The smallest absolute Gasteiger partial charge is 0.124 e. The average Bonchev–Trinajstić information content (AvgIpc) is 2.96. The zero-order valence-corrected chi connectivity index (χ0v) is 12.5. The Morgan fingerprint density at radius 1 is 1.35 bits per heavy atom. The molecule has 1 aliphatic heterocycles. The molecule has 1 aromatic carbocycles. The predicted molar refractivity (Wildman–Crippen MR) is 84.1 cm³/mol. The summed E-state index contributed by atoms with van der Waals surface area (Å²) in [5, 5.41) is 3.60. The topological polar surface area (TPSA) is 24.5 Å². The second kappa shape index (κ2) is 8.08. The van der Waals surface area contributed by atoms with Crippen LogP contribution in [0.5, 0.6) is 5.75 Å². The SMILES string of the molecule is C=CCOc1ccccc1CNC(C)CN1CCCC1. The zero-order chi connectivity index (χ0) is 14.2. The molecule has 3 nitrogen and oxygen atoms in total. The summed E-state index contributed by atoms with van der Waals surface area (Å²) in [4.78, 5) is 2.54. The van der Waals surface area contributed by atoms with E-state index in [2.05, 4.69) is 35.9 Å². The van der Waals surface area contributed by atoms with Gasteiger partial charge in [0, 0.05) is 24.7 Å². The van der Waals surface area contributed by atoms with Crippen LogP contribution in [0.2, 0.25) is 0 Å². The second-order valence-electron chi connectivity index (χ2n) is 5.50. The number of nitrogens with one attached hydrogen (secondary N) is 1. The summed E-state index contributed by atoms with van der Waals surface area (Å²) < 4.78 is 5.68. The lowest BCUT2D eigenvalue weighted by Crippen LogP contribution is -2.37. The lowest BCUT2D eigenvalue weighted by Gasteiger charge is -2.21. The minimum absolute atomic E-state index is 0.501. The molecule has 0 aliphatic carbocycles. The van der Waals surface area contributed by atoms with Crippen LogP contribution in [0, 0.1) is 0 Å². The van der Waals surface area contributed by atoms with Crippen molar-refractivity contribution in [1.82, 2.24) is 10.2 Å². The van der Waals surface area contributed by atoms with Crippen molar-refractivity contribution in [3.8, 4) is 5.75 Å². The number of hydrogen-bond acceptors (Lipinski definition) is 3. The molecule has 0 radical (unpaired) electrons. The van der Waals surface area contributed by atoms with Gasteiger partial charge in [0.15, 0.2) is 0 Å². The Morgan fingerprint density at radius 3 is 2.85 bits per heavy atom. The molecular weight excluding hydrogens is 248 g/mol. The summed E-state index contributed by atoms with van der Waals surface area (Å²) in [5.74, 6) is 0.952. The Hall–Kier alpha value is -1.32. The van der Waals surface area contributed by atoms with Crippen molar-refractivity contribution in [2.75, 3.05) is 26.2 Å². The maximum absolute atomic E-state index is 5.68. The molecule has 1 aromatic rings. The van der Waals surface area contributed by atoms with E-state index in [1.54, 1.807) is 6.08 Å². The molecule has 1 N–H and O–H groups in total.